The molecule has 0 aliphatic heterocycles. The summed E-state index contributed by atoms with van der Waals surface area (Å²) < 4.78 is 13.7. The molecule has 1 nitrogen and oxygen atoms in total. The molecule has 1 aromatic rings. The lowest BCUT2D eigenvalue weighted by molar-refractivity contribution is 0.258. The minimum Gasteiger partial charge on any atom is -0.327 e. The number of halogens is 1. The predicted molar refractivity (Wildman–Crippen MR) is 64.9 cm³/mol. The monoisotopic (exact) mass is 221 g/mol. The van der Waals surface area contributed by atoms with Crippen molar-refractivity contribution in [2.45, 2.75) is 45.6 Å². The second kappa shape index (κ2) is 3.85. The Morgan fingerprint density at radius 3 is 2.62 bits per heavy atom. The molecule has 0 fully saturated rings. The Bertz CT molecular complexity index is 392. The van der Waals surface area contributed by atoms with E-state index >= 15 is 0 Å². The highest BCUT2D eigenvalue weighted by molar-refractivity contribution is 5.36. The molecule has 0 aromatic heterocycles. The van der Waals surface area contributed by atoms with Crippen molar-refractivity contribution in [3.63, 3.8) is 0 Å². The van der Waals surface area contributed by atoms with Crippen molar-refractivity contribution in [2.24, 2.45) is 11.1 Å². The fraction of sp³-hybridized carbons (Fsp3) is 0.571. The van der Waals surface area contributed by atoms with Crippen LogP contribution in [0.3, 0.4) is 0 Å². The number of nitrogens with two attached hydrogens (primary N) is 1. The Hall–Kier alpha value is -0.890. The first-order valence-corrected chi connectivity index (χ1v) is 5.94. The van der Waals surface area contributed by atoms with Gasteiger partial charge in [-0.2, -0.15) is 0 Å². The van der Waals surface area contributed by atoms with Crippen LogP contribution in [0.5, 0.6) is 0 Å². The molecule has 0 heterocycles. The van der Waals surface area contributed by atoms with Gasteiger partial charge < -0.3 is 5.73 Å². The molecule has 0 amide bonds. The highest BCUT2D eigenvalue weighted by atomic mass is 19.1. The van der Waals surface area contributed by atoms with Crippen molar-refractivity contribution in [2.75, 3.05) is 0 Å². The first-order valence-electron chi connectivity index (χ1n) is 5.94. The second-order valence-corrected chi connectivity index (χ2v) is 5.85. The van der Waals surface area contributed by atoms with Crippen molar-refractivity contribution in [1.29, 1.82) is 0 Å². The summed E-state index contributed by atoms with van der Waals surface area (Å²) in [6, 6.07) is 5.53. The van der Waals surface area contributed by atoms with Crippen molar-refractivity contribution in [3.8, 4) is 0 Å². The van der Waals surface area contributed by atoms with Crippen molar-refractivity contribution in [1.82, 2.24) is 0 Å². The summed E-state index contributed by atoms with van der Waals surface area (Å²) in [5.74, 6) is 0.186. The van der Waals surface area contributed by atoms with Gasteiger partial charge in [-0.25, -0.2) is 4.39 Å². The molecule has 2 rings (SSSR count). The van der Waals surface area contributed by atoms with E-state index in [1.807, 2.05) is 6.07 Å². The van der Waals surface area contributed by atoms with Crippen LogP contribution in [0.2, 0.25) is 0 Å². The molecule has 1 aromatic carbocycles. The normalized spacial score (nSPS) is 25.3. The second-order valence-electron chi connectivity index (χ2n) is 5.85. The van der Waals surface area contributed by atoms with Crippen molar-refractivity contribution in [3.05, 3.63) is 35.1 Å². The van der Waals surface area contributed by atoms with Crippen LogP contribution in [-0.2, 0) is 6.42 Å². The van der Waals surface area contributed by atoms with E-state index in [1.165, 1.54) is 0 Å². The Morgan fingerprint density at radius 2 is 2.00 bits per heavy atom. The van der Waals surface area contributed by atoms with E-state index in [0.29, 0.717) is 0 Å². The third-order valence-corrected chi connectivity index (χ3v) is 3.58. The number of hydrogen-bond acceptors (Lipinski definition) is 1. The molecule has 16 heavy (non-hydrogen) atoms. The average molecular weight is 221 g/mol. The van der Waals surface area contributed by atoms with Crippen molar-refractivity contribution < 1.29 is 4.39 Å². The maximum absolute atomic E-state index is 13.7. The highest BCUT2D eigenvalue weighted by Crippen LogP contribution is 2.43. The molecule has 0 saturated carbocycles. The van der Waals surface area contributed by atoms with Gasteiger partial charge in [-0.1, -0.05) is 32.9 Å². The van der Waals surface area contributed by atoms with Crippen LogP contribution < -0.4 is 5.73 Å². The lowest BCUT2D eigenvalue weighted by Crippen LogP contribution is -2.40. The average Bonchev–Trinajstić information content (AvgIpc) is 2.15. The standard InChI is InChI=1S/C14H20FN/c1-14(2,3)13-10-5-4-6-11(15)9(10)7-8-12(13)16/h4-6,12-13H,7-8,16H2,1-3H3. The zero-order valence-corrected chi connectivity index (χ0v) is 10.3. The summed E-state index contributed by atoms with van der Waals surface area (Å²) in [7, 11) is 0. The van der Waals surface area contributed by atoms with Crippen LogP contribution in [0.15, 0.2) is 18.2 Å². The van der Waals surface area contributed by atoms with Gasteiger partial charge in [-0.15, -0.1) is 0 Å². The third-order valence-electron chi connectivity index (χ3n) is 3.58. The summed E-state index contributed by atoms with van der Waals surface area (Å²) in [6.45, 7) is 6.53. The van der Waals surface area contributed by atoms with Crippen LogP contribution in [0.1, 0.15) is 44.2 Å². The molecule has 0 bridgehead atoms. The van der Waals surface area contributed by atoms with Crippen LogP contribution in [0, 0.1) is 11.2 Å². The summed E-state index contributed by atoms with van der Waals surface area (Å²) in [5.41, 5.74) is 8.29. The molecule has 0 spiro atoms. The van der Waals surface area contributed by atoms with Crippen LogP contribution in [-0.4, -0.2) is 6.04 Å². The zero-order chi connectivity index (χ0) is 11.9. The summed E-state index contributed by atoms with van der Waals surface area (Å²) in [5, 5.41) is 0. The van der Waals surface area contributed by atoms with Crippen LogP contribution >= 0.6 is 0 Å². The molecule has 88 valence electrons. The quantitative estimate of drug-likeness (QED) is 0.715. The van der Waals surface area contributed by atoms with Gasteiger partial charge in [0.25, 0.3) is 0 Å². The predicted octanol–water partition coefficient (Wildman–Crippen LogP) is 3.23. The van der Waals surface area contributed by atoms with Gasteiger partial charge in [-0.3, -0.25) is 0 Å². The summed E-state index contributed by atoms with van der Waals surface area (Å²) in [4.78, 5) is 0. The van der Waals surface area contributed by atoms with Gasteiger partial charge >= 0.3 is 0 Å². The SMILES string of the molecule is CC(C)(C)C1c2cccc(F)c2CCC1N. The van der Waals surface area contributed by atoms with Crippen molar-refractivity contribution >= 4 is 0 Å². The minimum absolute atomic E-state index is 0.0707. The van der Waals surface area contributed by atoms with E-state index in [4.69, 9.17) is 5.73 Å². The smallest absolute Gasteiger partial charge is 0.126 e. The molecular formula is C14H20FN. The lowest BCUT2D eigenvalue weighted by Gasteiger charge is -2.40. The molecule has 2 atom stereocenters. The van der Waals surface area contributed by atoms with Gasteiger partial charge in [0.2, 0.25) is 0 Å². The van der Waals surface area contributed by atoms with E-state index in [-0.39, 0.29) is 23.2 Å². The van der Waals surface area contributed by atoms with E-state index in [2.05, 4.69) is 20.8 Å². The first-order chi connectivity index (χ1) is 7.41. The van der Waals surface area contributed by atoms with Crippen LogP contribution in [0.4, 0.5) is 4.39 Å². The molecular weight excluding hydrogens is 201 g/mol. The largest absolute Gasteiger partial charge is 0.327 e. The molecule has 2 unspecified atom stereocenters. The zero-order valence-electron chi connectivity index (χ0n) is 10.3. The van der Waals surface area contributed by atoms with Gasteiger partial charge in [-0.05, 0) is 35.4 Å². The highest BCUT2D eigenvalue weighted by Gasteiger charge is 2.36. The number of benzene rings is 1. The van der Waals surface area contributed by atoms with E-state index in [1.54, 1.807) is 12.1 Å². The fourth-order valence-corrected chi connectivity index (χ4v) is 2.95. The minimum atomic E-state index is -0.0707. The van der Waals surface area contributed by atoms with E-state index < -0.39 is 0 Å². The van der Waals surface area contributed by atoms with Gasteiger partial charge in [0.15, 0.2) is 0 Å². The molecule has 2 heteroatoms. The Balaban J connectivity index is 2.53. The molecule has 1 aliphatic rings. The summed E-state index contributed by atoms with van der Waals surface area (Å²) in [6.07, 6.45) is 1.66. The Labute approximate surface area is 96.9 Å². The molecule has 0 radical (unpaired) electrons. The van der Waals surface area contributed by atoms with Gasteiger partial charge in [0.1, 0.15) is 5.82 Å². The maximum Gasteiger partial charge on any atom is 0.126 e. The van der Waals surface area contributed by atoms with E-state index in [0.717, 1.165) is 24.0 Å². The van der Waals surface area contributed by atoms with Gasteiger partial charge in [0.05, 0.1) is 0 Å². The lowest BCUT2D eigenvalue weighted by atomic mass is 9.67. The molecule has 2 N–H and O–H groups in total. The van der Waals surface area contributed by atoms with E-state index in [9.17, 15) is 4.39 Å². The first kappa shape index (κ1) is 11.6. The summed E-state index contributed by atoms with van der Waals surface area (Å²) >= 11 is 0. The fourth-order valence-electron chi connectivity index (χ4n) is 2.95. The van der Waals surface area contributed by atoms with Gasteiger partial charge in [0, 0.05) is 12.0 Å². The number of hydrogen-bond donors (Lipinski definition) is 1. The molecule has 0 saturated heterocycles. The maximum atomic E-state index is 13.7. The number of fused-ring (bicyclic) bond motifs is 1. The number of rotatable bonds is 0. The Kier molecular flexibility index (Phi) is 2.79. The topological polar surface area (TPSA) is 26.0 Å². The molecule has 1 aliphatic carbocycles. The van der Waals surface area contributed by atoms with Crippen LogP contribution in [0.25, 0.3) is 0 Å². The third kappa shape index (κ3) is 1.86. The Morgan fingerprint density at radius 1 is 1.31 bits per heavy atom.